The smallest absolute Gasteiger partial charge is 0.389 e. The fourth-order valence-electron chi connectivity index (χ4n) is 1.43. The minimum absolute atomic E-state index is 0.0321. The third kappa shape index (κ3) is 5.27. The predicted molar refractivity (Wildman–Crippen MR) is 65.6 cm³/mol. The van der Waals surface area contributed by atoms with Crippen molar-refractivity contribution in [2.24, 2.45) is 0 Å². The van der Waals surface area contributed by atoms with Crippen LogP contribution in [0.4, 0.5) is 13.2 Å². The van der Waals surface area contributed by atoms with Crippen LogP contribution in [0.5, 0.6) is 5.75 Å². The monoisotopic (exact) mass is 326 g/mol. The second-order valence-electron chi connectivity index (χ2n) is 3.93. The Labute approximate surface area is 112 Å². The molecule has 0 heterocycles. The highest BCUT2D eigenvalue weighted by Gasteiger charge is 2.26. The molecule has 0 fully saturated rings. The van der Waals surface area contributed by atoms with E-state index in [1.807, 2.05) is 0 Å². The first-order chi connectivity index (χ1) is 8.29. The molecule has 0 aliphatic heterocycles. The fourth-order valence-corrected chi connectivity index (χ4v) is 1.77. The maximum atomic E-state index is 12.0. The van der Waals surface area contributed by atoms with E-state index in [1.54, 1.807) is 25.1 Å². The summed E-state index contributed by atoms with van der Waals surface area (Å²) in [5, 5.41) is 9.51. The van der Waals surface area contributed by atoms with Gasteiger partial charge in [0, 0.05) is 16.5 Å². The number of hydrogen-bond donors (Lipinski definition) is 1. The largest absolute Gasteiger partial charge is 0.493 e. The molecule has 1 aromatic rings. The van der Waals surface area contributed by atoms with E-state index in [4.69, 9.17) is 4.74 Å². The van der Waals surface area contributed by atoms with Crippen LogP contribution in [-0.2, 0) is 0 Å². The van der Waals surface area contributed by atoms with Gasteiger partial charge in [-0.2, -0.15) is 13.2 Å². The lowest BCUT2D eigenvalue weighted by molar-refractivity contribution is -0.136. The first-order valence-corrected chi connectivity index (χ1v) is 6.26. The van der Waals surface area contributed by atoms with Crippen LogP contribution >= 0.6 is 15.9 Å². The summed E-state index contributed by atoms with van der Waals surface area (Å²) in [5.41, 5.74) is 0.560. The van der Waals surface area contributed by atoms with E-state index in [2.05, 4.69) is 15.9 Å². The molecule has 0 spiro atoms. The molecule has 0 saturated carbocycles. The van der Waals surface area contributed by atoms with Crippen LogP contribution in [0.3, 0.4) is 0 Å². The Morgan fingerprint density at radius 3 is 2.61 bits per heavy atom. The second-order valence-corrected chi connectivity index (χ2v) is 4.84. The molecule has 18 heavy (non-hydrogen) atoms. The van der Waals surface area contributed by atoms with Crippen molar-refractivity contribution in [3.63, 3.8) is 0 Å². The minimum atomic E-state index is -4.16. The van der Waals surface area contributed by atoms with E-state index in [-0.39, 0.29) is 13.0 Å². The Bertz CT molecular complexity index is 391. The molecule has 1 atom stereocenters. The van der Waals surface area contributed by atoms with Gasteiger partial charge in [-0.15, -0.1) is 0 Å². The lowest BCUT2D eigenvalue weighted by atomic mass is 10.1. The Kier molecular flexibility index (Phi) is 5.47. The molecule has 0 saturated heterocycles. The highest BCUT2D eigenvalue weighted by atomic mass is 79.9. The number of halogens is 4. The van der Waals surface area contributed by atoms with Crippen molar-refractivity contribution < 1.29 is 23.0 Å². The number of aliphatic hydroxyl groups excluding tert-OH is 1. The summed E-state index contributed by atoms with van der Waals surface area (Å²) >= 11 is 3.24. The van der Waals surface area contributed by atoms with Crippen molar-refractivity contribution in [3.05, 3.63) is 28.2 Å². The first kappa shape index (κ1) is 15.3. The van der Waals surface area contributed by atoms with Crippen molar-refractivity contribution in [2.45, 2.75) is 32.0 Å². The van der Waals surface area contributed by atoms with E-state index in [1.165, 1.54) is 0 Å². The number of aliphatic hydroxyl groups is 1. The van der Waals surface area contributed by atoms with E-state index in [9.17, 15) is 18.3 Å². The summed E-state index contributed by atoms with van der Waals surface area (Å²) < 4.78 is 41.9. The van der Waals surface area contributed by atoms with Crippen LogP contribution in [0.25, 0.3) is 0 Å². The lowest BCUT2D eigenvalue weighted by Crippen LogP contribution is -2.10. The summed E-state index contributed by atoms with van der Waals surface area (Å²) in [4.78, 5) is 0. The van der Waals surface area contributed by atoms with Crippen LogP contribution in [0.2, 0.25) is 0 Å². The average molecular weight is 327 g/mol. The standard InChI is InChI=1S/C12H14BrF3O2/c1-8(17)10-4-3-9(13)7-11(10)18-6-2-5-12(14,15)16/h3-4,7-8,17H,2,5-6H2,1H3/t8-/m0/s1. The third-order valence-electron chi connectivity index (χ3n) is 2.29. The van der Waals surface area contributed by atoms with Crippen molar-refractivity contribution in [1.82, 2.24) is 0 Å². The maximum Gasteiger partial charge on any atom is 0.389 e. The van der Waals surface area contributed by atoms with Crippen LogP contribution < -0.4 is 4.74 Å². The highest BCUT2D eigenvalue weighted by molar-refractivity contribution is 9.10. The molecule has 0 aromatic heterocycles. The van der Waals surface area contributed by atoms with Gasteiger partial charge in [-0.05, 0) is 25.5 Å². The maximum absolute atomic E-state index is 12.0. The lowest BCUT2D eigenvalue weighted by Gasteiger charge is -2.14. The van der Waals surface area contributed by atoms with Gasteiger partial charge in [0.2, 0.25) is 0 Å². The molecule has 0 aliphatic carbocycles. The van der Waals surface area contributed by atoms with Gasteiger partial charge >= 0.3 is 6.18 Å². The molecule has 1 aromatic carbocycles. The zero-order valence-corrected chi connectivity index (χ0v) is 11.4. The van der Waals surface area contributed by atoms with Crippen molar-refractivity contribution in [3.8, 4) is 5.75 Å². The van der Waals surface area contributed by atoms with Gasteiger partial charge in [-0.25, -0.2) is 0 Å². The zero-order chi connectivity index (χ0) is 13.8. The van der Waals surface area contributed by atoms with Crippen LogP contribution in [0, 0.1) is 0 Å². The number of ether oxygens (including phenoxy) is 1. The molecule has 1 N–H and O–H groups in total. The SMILES string of the molecule is C[C@H](O)c1ccc(Br)cc1OCCCC(F)(F)F. The van der Waals surface area contributed by atoms with Gasteiger partial charge in [-0.1, -0.05) is 22.0 Å². The minimum Gasteiger partial charge on any atom is -0.493 e. The van der Waals surface area contributed by atoms with E-state index in [0.717, 1.165) is 4.47 Å². The van der Waals surface area contributed by atoms with Gasteiger partial charge in [-0.3, -0.25) is 0 Å². The molecule has 0 radical (unpaired) electrons. The molecule has 0 unspecified atom stereocenters. The Morgan fingerprint density at radius 1 is 1.39 bits per heavy atom. The van der Waals surface area contributed by atoms with Crippen molar-refractivity contribution >= 4 is 15.9 Å². The van der Waals surface area contributed by atoms with Gasteiger partial charge in [0.1, 0.15) is 5.75 Å². The topological polar surface area (TPSA) is 29.5 Å². The third-order valence-corrected chi connectivity index (χ3v) is 2.78. The zero-order valence-electron chi connectivity index (χ0n) is 9.80. The average Bonchev–Trinajstić information content (AvgIpc) is 2.22. The Morgan fingerprint density at radius 2 is 2.06 bits per heavy atom. The van der Waals surface area contributed by atoms with Crippen LogP contribution in [-0.4, -0.2) is 17.9 Å². The van der Waals surface area contributed by atoms with Crippen molar-refractivity contribution in [1.29, 1.82) is 0 Å². The molecule has 0 aliphatic rings. The molecular formula is C12H14BrF3O2. The fraction of sp³-hybridized carbons (Fsp3) is 0.500. The number of alkyl halides is 3. The quantitative estimate of drug-likeness (QED) is 0.821. The summed E-state index contributed by atoms with van der Waals surface area (Å²) in [6, 6.07) is 5.05. The first-order valence-electron chi connectivity index (χ1n) is 5.46. The Hall–Kier alpha value is -0.750. The molecule has 1 rings (SSSR count). The van der Waals surface area contributed by atoms with E-state index in [0.29, 0.717) is 11.3 Å². The number of rotatable bonds is 5. The Balaban J connectivity index is 2.58. The van der Waals surface area contributed by atoms with Gasteiger partial charge < -0.3 is 9.84 Å². The van der Waals surface area contributed by atoms with E-state index >= 15 is 0 Å². The predicted octanol–water partition coefficient (Wildman–Crippen LogP) is 4.22. The molecule has 0 bridgehead atoms. The van der Waals surface area contributed by atoms with Gasteiger partial charge in [0.25, 0.3) is 0 Å². The summed E-state index contributed by atoms with van der Waals surface area (Å²) in [7, 11) is 0. The molecular weight excluding hydrogens is 313 g/mol. The summed E-state index contributed by atoms with van der Waals surface area (Å²) in [5.74, 6) is 0.404. The van der Waals surface area contributed by atoms with Gasteiger partial charge in [0.05, 0.1) is 12.7 Å². The van der Waals surface area contributed by atoms with E-state index < -0.39 is 18.7 Å². The van der Waals surface area contributed by atoms with Gasteiger partial charge in [0.15, 0.2) is 0 Å². The van der Waals surface area contributed by atoms with Crippen LogP contribution in [0.1, 0.15) is 31.4 Å². The normalized spacial score (nSPS) is 13.4. The molecule has 6 heteroatoms. The molecule has 0 amide bonds. The number of benzene rings is 1. The second kappa shape index (κ2) is 6.43. The van der Waals surface area contributed by atoms with Crippen LogP contribution in [0.15, 0.2) is 22.7 Å². The summed E-state index contributed by atoms with van der Waals surface area (Å²) in [6.07, 6.45) is -5.86. The van der Waals surface area contributed by atoms with Crippen molar-refractivity contribution in [2.75, 3.05) is 6.61 Å². The number of hydrogen-bond acceptors (Lipinski definition) is 2. The molecule has 102 valence electrons. The highest BCUT2D eigenvalue weighted by Crippen LogP contribution is 2.29. The molecule has 2 nitrogen and oxygen atoms in total. The summed E-state index contributed by atoms with van der Waals surface area (Å²) in [6.45, 7) is 1.54.